The van der Waals surface area contributed by atoms with Gasteiger partial charge in [0.1, 0.15) is 11.6 Å². The molecule has 0 unspecified atom stereocenters. The summed E-state index contributed by atoms with van der Waals surface area (Å²) < 4.78 is 15.2. The second kappa shape index (κ2) is 6.02. The molecule has 0 saturated carbocycles. The summed E-state index contributed by atoms with van der Waals surface area (Å²) in [6.07, 6.45) is -0.0924. The lowest BCUT2D eigenvalue weighted by Gasteiger charge is -2.23. The monoisotopic (exact) mass is 220 g/mol. The molecule has 0 radical (unpaired) electrons. The molecule has 0 aliphatic carbocycles. The van der Waals surface area contributed by atoms with Crippen molar-refractivity contribution >= 4 is 20.4 Å². The Balaban J connectivity index is 4.29. The molecule has 0 fully saturated rings. The first-order valence-electron chi connectivity index (χ1n) is 4.16. The van der Waals surface area contributed by atoms with Crippen LogP contribution in [-0.4, -0.2) is 41.7 Å². The zero-order chi connectivity index (χ0) is 11.2. The van der Waals surface area contributed by atoms with Crippen molar-refractivity contribution in [3.8, 4) is 0 Å². The summed E-state index contributed by atoms with van der Waals surface area (Å²) >= 11 is 0. The quantitative estimate of drug-likeness (QED) is 0.459. The molecule has 82 valence electrons. The van der Waals surface area contributed by atoms with Crippen molar-refractivity contribution < 1.29 is 22.9 Å². The van der Waals surface area contributed by atoms with Crippen LogP contribution in [-0.2, 0) is 22.9 Å². The molecule has 0 aromatic carbocycles. The van der Waals surface area contributed by atoms with Crippen molar-refractivity contribution in [2.24, 2.45) is 0 Å². The maximum Gasteiger partial charge on any atom is 0.507 e. The van der Waals surface area contributed by atoms with E-state index in [0.717, 1.165) is 0 Å². The molecule has 0 aliphatic rings. The number of carbonyl (C=O) groups excluding carboxylic acids is 2. The summed E-state index contributed by atoms with van der Waals surface area (Å²) in [5.74, 6) is -0.379. The fourth-order valence-corrected chi connectivity index (χ4v) is 2.59. The molecule has 0 heterocycles. The first kappa shape index (κ1) is 13.4. The molecular weight excluding hydrogens is 204 g/mol. The van der Waals surface area contributed by atoms with E-state index in [1.54, 1.807) is 0 Å². The van der Waals surface area contributed by atoms with Gasteiger partial charge in [-0.05, 0) is 6.92 Å². The van der Waals surface area contributed by atoms with Crippen LogP contribution in [0, 0.1) is 0 Å². The molecule has 14 heavy (non-hydrogen) atoms. The molecule has 0 spiro atoms. The second-order valence-electron chi connectivity index (χ2n) is 2.89. The third kappa shape index (κ3) is 4.10. The number of rotatable bonds is 7. The van der Waals surface area contributed by atoms with Crippen molar-refractivity contribution in [1.29, 1.82) is 0 Å². The topological polar surface area (TPSA) is 61.8 Å². The van der Waals surface area contributed by atoms with Crippen LogP contribution < -0.4 is 0 Å². The fourth-order valence-electron chi connectivity index (χ4n) is 1.05. The molecule has 0 aromatic rings. The summed E-state index contributed by atoms with van der Waals surface area (Å²) in [4.78, 5) is 22.0. The van der Waals surface area contributed by atoms with E-state index >= 15 is 0 Å². The van der Waals surface area contributed by atoms with E-state index in [9.17, 15) is 9.59 Å². The molecule has 0 saturated heterocycles. The molecule has 6 heteroatoms. The molecule has 5 nitrogen and oxygen atoms in total. The summed E-state index contributed by atoms with van der Waals surface area (Å²) in [6.45, 7) is 1.37. The smallest absolute Gasteiger partial charge is 0.377 e. The van der Waals surface area contributed by atoms with Gasteiger partial charge >= 0.3 is 8.80 Å². The van der Waals surface area contributed by atoms with E-state index < -0.39 is 8.80 Å². The SMILES string of the molecule is CO[Si](CC(=O)CC(C)=O)(OC)OC. The Hall–Kier alpha value is -0.563. The standard InChI is InChI=1S/C8H16O5Si/c1-7(9)5-8(10)6-14(11-2,12-3)13-4/h5-6H2,1-4H3. The maximum atomic E-state index is 11.3. The predicted molar refractivity (Wildman–Crippen MR) is 51.9 cm³/mol. The third-order valence-corrected chi connectivity index (χ3v) is 4.49. The lowest BCUT2D eigenvalue weighted by atomic mass is 10.2. The van der Waals surface area contributed by atoms with Crippen LogP contribution in [0.5, 0.6) is 0 Å². The first-order valence-corrected chi connectivity index (χ1v) is 6.09. The van der Waals surface area contributed by atoms with E-state index in [1.807, 2.05) is 0 Å². The van der Waals surface area contributed by atoms with Crippen LogP contribution in [0.3, 0.4) is 0 Å². The molecule has 0 atom stereocenters. The Morgan fingerprint density at radius 2 is 1.50 bits per heavy atom. The molecule has 0 aliphatic heterocycles. The van der Waals surface area contributed by atoms with Gasteiger partial charge in [0.25, 0.3) is 0 Å². The number of hydrogen-bond acceptors (Lipinski definition) is 5. The number of carbonyl (C=O) groups is 2. The number of hydrogen-bond donors (Lipinski definition) is 0. The van der Waals surface area contributed by atoms with Crippen LogP contribution in [0.15, 0.2) is 0 Å². The average molecular weight is 220 g/mol. The van der Waals surface area contributed by atoms with Gasteiger partial charge in [0.15, 0.2) is 0 Å². The van der Waals surface area contributed by atoms with E-state index in [4.69, 9.17) is 13.3 Å². The van der Waals surface area contributed by atoms with Gasteiger partial charge in [-0.2, -0.15) is 0 Å². The van der Waals surface area contributed by atoms with Crippen LogP contribution >= 0.6 is 0 Å². The van der Waals surface area contributed by atoms with Gasteiger partial charge in [0.05, 0.1) is 12.5 Å². The molecular formula is C8H16O5Si. The molecule has 0 N–H and O–H groups in total. The zero-order valence-corrected chi connectivity index (χ0v) is 9.96. The van der Waals surface area contributed by atoms with E-state index in [0.29, 0.717) is 0 Å². The van der Waals surface area contributed by atoms with Crippen LogP contribution in [0.4, 0.5) is 0 Å². The van der Waals surface area contributed by atoms with Gasteiger partial charge in [-0.25, -0.2) is 0 Å². The lowest BCUT2D eigenvalue weighted by molar-refractivity contribution is -0.125. The number of Topliss-reactive ketones (excluding diaryl/α,β-unsaturated/α-hetero) is 2. The lowest BCUT2D eigenvalue weighted by Crippen LogP contribution is -2.44. The van der Waals surface area contributed by atoms with Gasteiger partial charge < -0.3 is 13.3 Å². The highest BCUT2D eigenvalue weighted by Gasteiger charge is 2.40. The summed E-state index contributed by atoms with van der Waals surface area (Å²) in [6, 6.07) is 0.0378. The Kier molecular flexibility index (Phi) is 5.78. The third-order valence-electron chi connectivity index (χ3n) is 1.79. The van der Waals surface area contributed by atoms with Gasteiger partial charge in [0, 0.05) is 21.3 Å². The van der Waals surface area contributed by atoms with E-state index in [-0.39, 0.29) is 24.0 Å². The highest BCUT2D eigenvalue weighted by Crippen LogP contribution is 2.13. The Labute approximate surface area is 84.7 Å². The molecule has 0 aromatic heterocycles. The minimum absolute atomic E-state index is 0.0378. The van der Waals surface area contributed by atoms with Crippen LogP contribution in [0.25, 0.3) is 0 Å². The normalized spacial score (nSPS) is 11.4. The molecule has 0 rings (SSSR count). The Morgan fingerprint density at radius 1 is 1.07 bits per heavy atom. The van der Waals surface area contributed by atoms with Crippen molar-refractivity contribution in [2.45, 2.75) is 19.4 Å². The fraction of sp³-hybridized carbons (Fsp3) is 0.750. The minimum Gasteiger partial charge on any atom is -0.377 e. The maximum absolute atomic E-state index is 11.3. The van der Waals surface area contributed by atoms with E-state index in [1.165, 1.54) is 28.3 Å². The summed E-state index contributed by atoms with van der Waals surface area (Å²) in [5, 5.41) is 0. The Bertz CT molecular complexity index is 204. The molecule has 0 amide bonds. The minimum atomic E-state index is -2.85. The van der Waals surface area contributed by atoms with Crippen LogP contribution in [0.1, 0.15) is 13.3 Å². The van der Waals surface area contributed by atoms with Gasteiger partial charge in [-0.3, -0.25) is 9.59 Å². The van der Waals surface area contributed by atoms with Crippen molar-refractivity contribution in [2.75, 3.05) is 21.3 Å². The highest BCUT2D eigenvalue weighted by molar-refractivity contribution is 6.64. The van der Waals surface area contributed by atoms with Crippen molar-refractivity contribution in [3.05, 3.63) is 0 Å². The van der Waals surface area contributed by atoms with Gasteiger partial charge in [-0.1, -0.05) is 0 Å². The Morgan fingerprint density at radius 3 is 1.79 bits per heavy atom. The first-order chi connectivity index (χ1) is 6.49. The largest absolute Gasteiger partial charge is 0.507 e. The van der Waals surface area contributed by atoms with Crippen LogP contribution in [0.2, 0.25) is 6.04 Å². The predicted octanol–water partition coefficient (Wildman–Crippen LogP) is 0.413. The van der Waals surface area contributed by atoms with E-state index in [2.05, 4.69) is 0 Å². The van der Waals surface area contributed by atoms with Gasteiger partial charge in [-0.15, -0.1) is 0 Å². The van der Waals surface area contributed by atoms with Crippen molar-refractivity contribution in [3.63, 3.8) is 0 Å². The second-order valence-corrected chi connectivity index (χ2v) is 5.83. The average Bonchev–Trinajstić information content (AvgIpc) is 2.13. The zero-order valence-electron chi connectivity index (χ0n) is 8.96. The highest BCUT2D eigenvalue weighted by atomic mass is 28.4. The van der Waals surface area contributed by atoms with Gasteiger partial charge in [0.2, 0.25) is 0 Å². The molecule has 0 bridgehead atoms. The summed E-state index contributed by atoms with van der Waals surface area (Å²) in [7, 11) is 1.44. The number of ketones is 2. The summed E-state index contributed by atoms with van der Waals surface area (Å²) in [5.41, 5.74) is 0. The van der Waals surface area contributed by atoms with Crippen molar-refractivity contribution in [1.82, 2.24) is 0 Å².